The van der Waals surface area contributed by atoms with E-state index in [9.17, 15) is 9.59 Å². The molecule has 7 nitrogen and oxygen atoms in total. The van der Waals surface area contributed by atoms with E-state index in [1.165, 1.54) is 12.3 Å². The number of amides is 1. The Morgan fingerprint density at radius 1 is 1.15 bits per heavy atom. The standard InChI is InChI=1S/C20H20N2O5/c1-13-16(14(2)27-22-13)12-26-20(24)17(11-15-7-4-3-5-8-15)21-19(23)18-9-6-10-25-18/h3-10,17H,11-12H2,1-2H3,(H,21,23). The normalized spacial score (nSPS) is 11.8. The molecule has 27 heavy (non-hydrogen) atoms. The molecule has 140 valence electrons. The van der Waals surface area contributed by atoms with E-state index in [0.29, 0.717) is 17.9 Å². The molecule has 0 spiro atoms. The van der Waals surface area contributed by atoms with Gasteiger partial charge in [-0.05, 0) is 31.5 Å². The van der Waals surface area contributed by atoms with Gasteiger partial charge in [0.05, 0.1) is 17.5 Å². The van der Waals surface area contributed by atoms with Gasteiger partial charge in [-0.25, -0.2) is 4.79 Å². The zero-order valence-corrected chi connectivity index (χ0v) is 15.1. The van der Waals surface area contributed by atoms with Crippen LogP contribution in [0.1, 0.15) is 33.1 Å². The van der Waals surface area contributed by atoms with Gasteiger partial charge in [-0.3, -0.25) is 4.79 Å². The summed E-state index contributed by atoms with van der Waals surface area (Å²) in [5.41, 5.74) is 2.29. The van der Waals surface area contributed by atoms with Gasteiger partial charge in [0.1, 0.15) is 18.4 Å². The lowest BCUT2D eigenvalue weighted by Crippen LogP contribution is -2.43. The Morgan fingerprint density at radius 3 is 2.56 bits per heavy atom. The first kappa shape index (κ1) is 18.4. The molecule has 1 atom stereocenters. The SMILES string of the molecule is Cc1noc(C)c1COC(=O)C(Cc1ccccc1)NC(=O)c1ccco1. The second-order valence-electron chi connectivity index (χ2n) is 6.10. The highest BCUT2D eigenvalue weighted by Crippen LogP contribution is 2.14. The lowest BCUT2D eigenvalue weighted by Gasteiger charge is -2.17. The summed E-state index contributed by atoms with van der Waals surface area (Å²) in [6, 6.07) is 11.7. The van der Waals surface area contributed by atoms with E-state index in [1.54, 1.807) is 19.9 Å². The summed E-state index contributed by atoms with van der Waals surface area (Å²) in [5, 5.41) is 6.52. The summed E-state index contributed by atoms with van der Waals surface area (Å²) in [7, 11) is 0. The van der Waals surface area contributed by atoms with Crippen LogP contribution < -0.4 is 5.32 Å². The van der Waals surface area contributed by atoms with E-state index < -0.39 is 17.9 Å². The van der Waals surface area contributed by atoms with E-state index in [-0.39, 0.29) is 12.4 Å². The summed E-state index contributed by atoms with van der Waals surface area (Å²) in [6.07, 6.45) is 1.70. The molecule has 7 heteroatoms. The summed E-state index contributed by atoms with van der Waals surface area (Å²) < 4.78 is 15.6. The molecule has 0 saturated heterocycles. The number of rotatable bonds is 7. The van der Waals surface area contributed by atoms with Crippen molar-refractivity contribution in [2.24, 2.45) is 0 Å². The number of carbonyl (C=O) groups excluding carboxylic acids is 2. The molecule has 0 aliphatic carbocycles. The van der Waals surface area contributed by atoms with Crippen LogP contribution in [0.4, 0.5) is 0 Å². The molecule has 1 N–H and O–H groups in total. The Hall–Kier alpha value is -3.35. The minimum atomic E-state index is -0.856. The molecule has 1 amide bonds. The Labute approximate surface area is 156 Å². The maximum atomic E-state index is 12.7. The molecule has 0 fully saturated rings. The monoisotopic (exact) mass is 368 g/mol. The zero-order valence-electron chi connectivity index (χ0n) is 15.1. The quantitative estimate of drug-likeness (QED) is 0.644. The van der Waals surface area contributed by atoms with Gasteiger partial charge in [0.2, 0.25) is 0 Å². The summed E-state index contributed by atoms with van der Waals surface area (Å²) in [6.45, 7) is 3.56. The Bertz CT molecular complexity index is 880. The van der Waals surface area contributed by atoms with Crippen molar-refractivity contribution in [3.05, 3.63) is 77.1 Å². The highest BCUT2D eigenvalue weighted by Gasteiger charge is 2.25. The third-order valence-corrected chi connectivity index (χ3v) is 4.16. The van der Waals surface area contributed by atoms with Crippen LogP contribution in [0.2, 0.25) is 0 Å². The fourth-order valence-electron chi connectivity index (χ4n) is 2.63. The van der Waals surface area contributed by atoms with Crippen molar-refractivity contribution in [2.45, 2.75) is 32.9 Å². The number of aromatic nitrogens is 1. The van der Waals surface area contributed by atoms with E-state index in [1.807, 2.05) is 30.3 Å². The number of furan rings is 1. The molecule has 0 aliphatic rings. The number of nitrogens with zero attached hydrogens (tertiary/aromatic N) is 1. The smallest absolute Gasteiger partial charge is 0.329 e. The highest BCUT2D eigenvalue weighted by atomic mass is 16.5. The van der Waals surface area contributed by atoms with Gasteiger partial charge in [0, 0.05) is 6.42 Å². The van der Waals surface area contributed by atoms with Gasteiger partial charge in [-0.15, -0.1) is 0 Å². The number of hydrogen-bond donors (Lipinski definition) is 1. The van der Waals surface area contributed by atoms with E-state index in [2.05, 4.69) is 10.5 Å². The number of esters is 1. The van der Waals surface area contributed by atoms with Crippen LogP contribution in [0.25, 0.3) is 0 Å². The molecule has 2 aromatic heterocycles. The number of nitrogens with one attached hydrogen (secondary N) is 1. The molecule has 2 heterocycles. The third-order valence-electron chi connectivity index (χ3n) is 4.16. The minimum absolute atomic E-state index is 0.0297. The van der Waals surface area contributed by atoms with Gasteiger partial charge < -0.3 is 19.0 Å². The molecule has 1 unspecified atom stereocenters. The number of ether oxygens (including phenoxy) is 1. The average molecular weight is 368 g/mol. The second-order valence-corrected chi connectivity index (χ2v) is 6.10. The van der Waals surface area contributed by atoms with Crippen LogP contribution in [-0.4, -0.2) is 23.1 Å². The van der Waals surface area contributed by atoms with Crippen LogP contribution in [0.3, 0.4) is 0 Å². The molecule has 1 aromatic carbocycles. The number of aryl methyl sites for hydroxylation is 2. The van der Waals surface area contributed by atoms with Gasteiger partial charge in [-0.1, -0.05) is 35.5 Å². The van der Waals surface area contributed by atoms with Crippen LogP contribution in [-0.2, 0) is 22.6 Å². The van der Waals surface area contributed by atoms with Crippen molar-refractivity contribution < 1.29 is 23.3 Å². The molecule has 0 aliphatic heterocycles. The predicted molar refractivity (Wildman–Crippen MR) is 95.9 cm³/mol. The first-order valence-corrected chi connectivity index (χ1v) is 8.51. The van der Waals surface area contributed by atoms with Crippen LogP contribution in [0.15, 0.2) is 57.7 Å². The van der Waals surface area contributed by atoms with Crippen LogP contribution in [0.5, 0.6) is 0 Å². The molecular formula is C20H20N2O5. The number of hydrogen-bond acceptors (Lipinski definition) is 6. The van der Waals surface area contributed by atoms with Gasteiger partial charge in [0.15, 0.2) is 5.76 Å². The zero-order chi connectivity index (χ0) is 19.2. The van der Waals surface area contributed by atoms with Crippen molar-refractivity contribution >= 4 is 11.9 Å². The maximum Gasteiger partial charge on any atom is 0.329 e. The molecule has 0 radical (unpaired) electrons. The fraction of sp³-hybridized carbons (Fsp3) is 0.250. The lowest BCUT2D eigenvalue weighted by atomic mass is 10.1. The molecule has 3 aromatic rings. The highest BCUT2D eigenvalue weighted by molar-refractivity contribution is 5.94. The fourth-order valence-corrected chi connectivity index (χ4v) is 2.63. The minimum Gasteiger partial charge on any atom is -0.459 e. The van der Waals surface area contributed by atoms with Crippen molar-refractivity contribution in [1.29, 1.82) is 0 Å². The first-order chi connectivity index (χ1) is 13.0. The van der Waals surface area contributed by atoms with Crippen molar-refractivity contribution in [2.75, 3.05) is 0 Å². The van der Waals surface area contributed by atoms with E-state index >= 15 is 0 Å². The van der Waals surface area contributed by atoms with Crippen molar-refractivity contribution in [3.8, 4) is 0 Å². The summed E-state index contributed by atoms with van der Waals surface area (Å²) in [4.78, 5) is 25.0. The number of carbonyl (C=O) groups is 2. The maximum absolute atomic E-state index is 12.7. The summed E-state index contributed by atoms with van der Waals surface area (Å²) in [5.74, 6) is -0.292. The third kappa shape index (κ3) is 4.63. The first-order valence-electron chi connectivity index (χ1n) is 8.51. The average Bonchev–Trinajstić information content (AvgIpc) is 3.31. The van der Waals surface area contributed by atoms with Gasteiger partial charge in [0.25, 0.3) is 5.91 Å². The van der Waals surface area contributed by atoms with Gasteiger partial charge in [-0.2, -0.15) is 0 Å². The molecular weight excluding hydrogens is 348 g/mol. The van der Waals surface area contributed by atoms with Crippen molar-refractivity contribution in [3.63, 3.8) is 0 Å². The van der Waals surface area contributed by atoms with Gasteiger partial charge >= 0.3 is 5.97 Å². The molecule has 0 saturated carbocycles. The van der Waals surface area contributed by atoms with Crippen LogP contribution >= 0.6 is 0 Å². The molecule has 0 bridgehead atoms. The Morgan fingerprint density at radius 2 is 1.93 bits per heavy atom. The summed E-state index contributed by atoms with van der Waals surface area (Å²) >= 11 is 0. The van der Waals surface area contributed by atoms with Crippen molar-refractivity contribution in [1.82, 2.24) is 10.5 Å². The number of benzene rings is 1. The largest absolute Gasteiger partial charge is 0.459 e. The topological polar surface area (TPSA) is 94.6 Å². The Kier molecular flexibility index (Phi) is 5.71. The van der Waals surface area contributed by atoms with E-state index in [4.69, 9.17) is 13.7 Å². The Balaban J connectivity index is 1.71. The second kappa shape index (κ2) is 8.35. The lowest BCUT2D eigenvalue weighted by molar-refractivity contribution is -0.147. The molecule has 3 rings (SSSR count). The predicted octanol–water partition coefficient (Wildman–Crippen LogP) is 2.97. The van der Waals surface area contributed by atoms with E-state index in [0.717, 1.165) is 11.1 Å². The van der Waals surface area contributed by atoms with Crippen LogP contribution in [0, 0.1) is 13.8 Å².